The number of Topliss-reactive ketones (excluding diaryl/α,β-unsaturated/α-hetero) is 1. The topological polar surface area (TPSA) is 44.8 Å². The summed E-state index contributed by atoms with van der Waals surface area (Å²) in [6.45, 7) is 3.62. The van der Waals surface area contributed by atoms with Crippen molar-refractivity contribution in [1.29, 1.82) is 0 Å². The third kappa shape index (κ3) is 2.79. The van der Waals surface area contributed by atoms with Crippen LogP contribution in [0.1, 0.15) is 64.7 Å². The van der Waals surface area contributed by atoms with Crippen molar-refractivity contribution in [2.45, 2.75) is 70.8 Å². The minimum Gasteiger partial charge on any atom is -0.384 e. The molecular formula is C22H36O4. The standard InChI is InChI=1S/C22H36O4/c1-21-10-8-16(26-14-25-3)12-15(21)4-5-17-18(21)9-11-22(13-24-2)19(17)6-7-20(22)23/h15-19H,4-14H2,1-3H3/t15?,16?,17-,18+,19+,21+,22-/m1/s1. The van der Waals surface area contributed by atoms with Crippen LogP contribution in [0.15, 0.2) is 0 Å². The summed E-state index contributed by atoms with van der Waals surface area (Å²) in [6.07, 6.45) is 10.7. The Labute approximate surface area is 158 Å². The van der Waals surface area contributed by atoms with E-state index in [0.717, 1.165) is 43.4 Å². The van der Waals surface area contributed by atoms with Crippen molar-refractivity contribution in [2.24, 2.45) is 34.5 Å². The molecule has 0 saturated heterocycles. The summed E-state index contributed by atoms with van der Waals surface area (Å²) in [5.41, 5.74) is 0.276. The number of rotatable bonds is 5. The Balaban J connectivity index is 1.52. The van der Waals surface area contributed by atoms with E-state index in [2.05, 4.69) is 6.92 Å². The van der Waals surface area contributed by atoms with Gasteiger partial charge in [0, 0.05) is 20.6 Å². The van der Waals surface area contributed by atoms with Crippen LogP contribution in [-0.2, 0) is 19.0 Å². The lowest BCUT2D eigenvalue weighted by atomic mass is 9.45. The maximum absolute atomic E-state index is 12.8. The molecule has 4 fully saturated rings. The van der Waals surface area contributed by atoms with Crippen LogP contribution in [0.2, 0.25) is 0 Å². The van der Waals surface area contributed by atoms with Gasteiger partial charge in [0.05, 0.1) is 18.1 Å². The van der Waals surface area contributed by atoms with Gasteiger partial charge in [-0.1, -0.05) is 6.92 Å². The van der Waals surface area contributed by atoms with Gasteiger partial charge in [-0.05, 0) is 80.5 Å². The Kier molecular flexibility index (Phi) is 5.22. The number of ketones is 1. The molecule has 0 aromatic heterocycles. The molecule has 0 radical (unpaired) electrons. The van der Waals surface area contributed by atoms with Crippen molar-refractivity contribution in [3.8, 4) is 0 Å². The van der Waals surface area contributed by atoms with Crippen molar-refractivity contribution in [3.05, 3.63) is 0 Å². The van der Waals surface area contributed by atoms with Gasteiger partial charge in [0.15, 0.2) is 0 Å². The molecule has 2 unspecified atom stereocenters. The van der Waals surface area contributed by atoms with Gasteiger partial charge in [0.1, 0.15) is 12.6 Å². The Bertz CT molecular complexity index is 534. The van der Waals surface area contributed by atoms with E-state index >= 15 is 0 Å². The van der Waals surface area contributed by atoms with Crippen LogP contribution in [0, 0.1) is 34.5 Å². The van der Waals surface area contributed by atoms with Crippen LogP contribution in [0.4, 0.5) is 0 Å². The molecule has 4 rings (SSSR count). The molecule has 0 heterocycles. The highest BCUT2D eigenvalue weighted by atomic mass is 16.7. The van der Waals surface area contributed by atoms with Gasteiger partial charge in [-0.2, -0.15) is 0 Å². The zero-order chi connectivity index (χ0) is 18.4. The molecule has 0 aromatic rings. The Morgan fingerprint density at radius 3 is 2.62 bits per heavy atom. The fourth-order valence-corrected chi connectivity index (χ4v) is 7.64. The van der Waals surface area contributed by atoms with Crippen molar-refractivity contribution in [3.63, 3.8) is 0 Å². The van der Waals surface area contributed by atoms with E-state index in [1.807, 2.05) is 0 Å². The van der Waals surface area contributed by atoms with Crippen LogP contribution < -0.4 is 0 Å². The van der Waals surface area contributed by atoms with Gasteiger partial charge in [-0.3, -0.25) is 4.79 Å². The summed E-state index contributed by atoms with van der Waals surface area (Å²) >= 11 is 0. The highest BCUT2D eigenvalue weighted by molar-refractivity contribution is 5.87. The smallest absolute Gasteiger partial charge is 0.146 e. The second kappa shape index (κ2) is 7.18. The highest BCUT2D eigenvalue weighted by Gasteiger charge is 2.61. The van der Waals surface area contributed by atoms with Crippen LogP contribution in [0.3, 0.4) is 0 Å². The molecule has 0 amide bonds. The number of carbonyl (C=O) groups excluding carboxylic acids is 1. The number of hydrogen-bond acceptors (Lipinski definition) is 4. The summed E-state index contributed by atoms with van der Waals surface area (Å²) in [7, 11) is 3.47. The number of fused-ring (bicyclic) bond motifs is 5. The van der Waals surface area contributed by atoms with Crippen molar-refractivity contribution >= 4 is 5.78 Å². The predicted octanol–water partition coefficient (Wildman–Crippen LogP) is 4.21. The first-order valence-corrected chi connectivity index (χ1v) is 10.7. The Morgan fingerprint density at radius 1 is 1.00 bits per heavy atom. The second-order valence-electron chi connectivity index (χ2n) is 9.72. The zero-order valence-corrected chi connectivity index (χ0v) is 16.8. The van der Waals surface area contributed by atoms with Crippen molar-refractivity contribution in [1.82, 2.24) is 0 Å². The molecule has 4 aliphatic rings. The average Bonchev–Trinajstić information content (AvgIpc) is 2.97. The largest absolute Gasteiger partial charge is 0.384 e. The third-order valence-electron chi connectivity index (χ3n) is 8.89. The van der Waals surface area contributed by atoms with E-state index < -0.39 is 0 Å². The fraction of sp³-hybridized carbons (Fsp3) is 0.955. The molecule has 0 bridgehead atoms. The molecule has 4 heteroatoms. The molecule has 4 nitrogen and oxygen atoms in total. The van der Waals surface area contributed by atoms with E-state index in [1.54, 1.807) is 14.2 Å². The summed E-state index contributed by atoms with van der Waals surface area (Å²) in [6, 6.07) is 0. The highest BCUT2D eigenvalue weighted by Crippen LogP contribution is 2.65. The maximum atomic E-state index is 12.8. The Morgan fingerprint density at radius 2 is 1.85 bits per heavy atom. The fourth-order valence-electron chi connectivity index (χ4n) is 7.64. The molecule has 0 spiro atoms. The van der Waals surface area contributed by atoms with E-state index in [4.69, 9.17) is 14.2 Å². The molecule has 7 atom stereocenters. The van der Waals surface area contributed by atoms with Gasteiger partial charge in [-0.25, -0.2) is 0 Å². The first kappa shape index (κ1) is 18.9. The van der Waals surface area contributed by atoms with Gasteiger partial charge >= 0.3 is 0 Å². The SMILES string of the molecule is COCOC1CC[C@@]2(C)C(CC[C@H]3[C@@H]4CCC(=O)[C@@]4(COC)CC[C@@H]32)C1. The second-order valence-corrected chi connectivity index (χ2v) is 9.72. The van der Waals surface area contributed by atoms with E-state index in [9.17, 15) is 4.79 Å². The lowest BCUT2D eigenvalue weighted by Gasteiger charge is -2.60. The molecular weight excluding hydrogens is 328 g/mol. The predicted molar refractivity (Wildman–Crippen MR) is 99.7 cm³/mol. The van der Waals surface area contributed by atoms with Gasteiger partial charge < -0.3 is 14.2 Å². The maximum Gasteiger partial charge on any atom is 0.146 e. The molecule has 4 aliphatic carbocycles. The van der Waals surface area contributed by atoms with Crippen LogP contribution in [0.25, 0.3) is 0 Å². The summed E-state index contributed by atoms with van der Waals surface area (Å²) in [5, 5.41) is 0. The number of methoxy groups -OCH3 is 2. The first-order chi connectivity index (χ1) is 12.5. The molecule has 4 saturated carbocycles. The van der Waals surface area contributed by atoms with Crippen LogP contribution in [-0.4, -0.2) is 39.5 Å². The molecule has 148 valence electrons. The third-order valence-corrected chi connectivity index (χ3v) is 8.89. The van der Waals surface area contributed by atoms with E-state index in [1.165, 1.54) is 32.1 Å². The first-order valence-electron chi connectivity index (χ1n) is 10.7. The normalized spacial score (nSPS) is 48.0. The van der Waals surface area contributed by atoms with Crippen molar-refractivity contribution in [2.75, 3.05) is 27.6 Å². The van der Waals surface area contributed by atoms with E-state index in [-0.39, 0.29) is 5.41 Å². The van der Waals surface area contributed by atoms with Gasteiger partial charge in [0.2, 0.25) is 0 Å². The molecule has 0 N–H and O–H groups in total. The minimum atomic E-state index is -0.155. The monoisotopic (exact) mass is 364 g/mol. The van der Waals surface area contributed by atoms with Gasteiger partial charge in [-0.15, -0.1) is 0 Å². The number of ether oxygens (including phenoxy) is 3. The quantitative estimate of drug-likeness (QED) is 0.686. The Hall–Kier alpha value is -0.450. The summed E-state index contributed by atoms with van der Waals surface area (Å²) < 4.78 is 16.6. The zero-order valence-electron chi connectivity index (χ0n) is 16.8. The molecule has 0 aromatic carbocycles. The summed E-state index contributed by atoms with van der Waals surface area (Å²) in [5.74, 6) is 3.33. The average molecular weight is 365 g/mol. The van der Waals surface area contributed by atoms with Crippen LogP contribution in [0.5, 0.6) is 0 Å². The lowest BCUT2D eigenvalue weighted by Crippen LogP contribution is -2.55. The number of carbonyl (C=O) groups is 1. The lowest BCUT2D eigenvalue weighted by molar-refractivity contribution is -0.162. The van der Waals surface area contributed by atoms with Crippen LogP contribution >= 0.6 is 0 Å². The van der Waals surface area contributed by atoms with Gasteiger partial charge in [0.25, 0.3) is 0 Å². The minimum absolute atomic E-state index is 0.155. The van der Waals surface area contributed by atoms with E-state index in [0.29, 0.717) is 36.6 Å². The summed E-state index contributed by atoms with van der Waals surface area (Å²) in [4.78, 5) is 12.8. The number of hydrogen-bond donors (Lipinski definition) is 0. The van der Waals surface area contributed by atoms with Crippen molar-refractivity contribution < 1.29 is 19.0 Å². The molecule has 0 aliphatic heterocycles. The molecule has 26 heavy (non-hydrogen) atoms.